The number of hydrogen-bond acceptors (Lipinski definition) is 8. The van der Waals surface area contributed by atoms with Crippen LogP contribution in [0.1, 0.15) is 54.2 Å². The van der Waals surface area contributed by atoms with Gasteiger partial charge < -0.3 is 29.1 Å². The average Bonchev–Trinajstić information content (AvgIpc) is 2.82. The zero-order valence-electron chi connectivity index (χ0n) is 16.7. The van der Waals surface area contributed by atoms with Crippen LogP contribution in [0.4, 0.5) is 5.82 Å². The average molecular weight is 403 g/mol. The third-order valence-corrected chi connectivity index (χ3v) is 5.16. The Morgan fingerprint density at radius 3 is 2.41 bits per heavy atom. The Morgan fingerprint density at radius 1 is 1.30 bits per heavy atom. The molecule has 27 heavy (non-hydrogen) atoms. The van der Waals surface area contributed by atoms with Gasteiger partial charge in [0, 0.05) is 12.6 Å². The van der Waals surface area contributed by atoms with Crippen LogP contribution in [-0.2, 0) is 18.3 Å². The van der Waals surface area contributed by atoms with Gasteiger partial charge in [0.05, 0.1) is 23.9 Å². The number of nitrogens with zero attached hydrogens (tertiary/aromatic N) is 2. The first kappa shape index (κ1) is 22.2. The molecule has 9 nitrogen and oxygen atoms in total. The van der Waals surface area contributed by atoms with Crippen molar-refractivity contribution < 1.29 is 23.4 Å². The molecule has 0 radical (unpaired) electrons. The van der Waals surface area contributed by atoms with E-state index in [4.69, 9.17) is 24.0 Å². The lowest BCUT2D eigenvalue weighted by Crippen LogP contribution is -2.29. The Morgan fingerprint density at radius 2 is 1.89 bits per heavy atom. The van der Waals surface area contributed by atoms with E-state index in [1.807, 2.05) is 41.5 Å². The first-order chi connectivity index (χ1) is 12.3. The number of nitrogens with two attached hydrogens (primary N) is 1. The van der Waals surface area contributed by atoms with Crippen LogP contribution in [0.3, 0.4) is 0 Å². The number of ether oxygens (including phenoxy) is 1. The first-order valence-electron chi connectivity index (χ1n) is 8.83. The van der Waals surface area contributed by atoms with Crippen LogP contribution in [0, 0.1) is 0 Å². The van der Waals surface area contributed by atoms with Gasteiger partial charge in [-0.2, -0.15) is 4.98 Å². The number of hydrogen-bond donors (Lipinski definition) is 2. The number of rotatable bonds is 6. The summed E-state index contributed by atoms with van der Waals surface area (Å²) in [6, 6.07) is 1.51. The highest BCUT2D eigenvalue weighted by molar-refractivity contribution is 7.41. The molecule has 1 saturated heterocycles. The van der Waals surface area contributed by atoms with Crippen LogP contribution in [0.25, 0.3) is 0 Å². The van der Waals surface area contributed by atoms with E-state index in [-0.39, 0.29) is 18.8 Å². The molecule has 2 rings (SSSR count). The van der Waals surface area contributed by atoms with Gasteiger partial charge in [0.1, 0.15) is 18.1 Å². The summed E-state index contributed by atoms with van der Waals surface area (Å²) in [5.41, 5.74) is 4.08. The Bertz CT molecular complexity index is 668. The third kappa shape index (κ3) is 7.10. The molecule has 1 aliphatic heterocycles. The smallest absolute Gasteiger partial charge is 0.351 e. The number of anilines is 1. The second-order valence-electron chi connectivity index (χ2n) is 8.40. The first-order valence-corrected chi connectivity index (χ1v) is 9.93. The summed E-state index contributed by atoms with van der Waals surface area (Å²) in [4.78, 5) is 15.6. The molecule has 0 bridgehead atoms. The maximum atomic E-state index is 12.0. The minimum absolute atomic E-state index is 0.0761. The summed E-state index contributed by atoms with van der Waals surface area (Å²) in [6.45, 7) is 11.5. The fraction of sp³-hybridized carbons (Fsp3) is 0.765. The van der Waals surface area contributed by atoms with E-state index in [1.54, 1.807) is 0 Å². The highest BCUT2D eigenvalue weighted by atomic mass is 31.2. The summed E-state index contributed by atoms with van der Waals surface area (Å²) in [5, 5.41) is 10.3. The highest BCUT2D eigenvalue weighted by Crippen LogP contribution is 2.47. The van der Waals surface area contributed by atoms with Crippen LogP contribution in [-0.4, -0.2) is 44.7 Å². The SMILES string of the molecule is CC(C)(C)OP(OC[C@H]1O[C@@H](n2ccc(N)nc2=O)C[C@@H]1O)OC(C)(C)C. The molecule has 0 spiro atoms. The summed E-state index contributed by atoms with van der Waals surface area (Å²) in [5.74, 6) is 0.138. The van der Waals surface area contributed by atoms with E-state index in [1.165, 1.54) is 16.8 Å². The van der Waals surface area contributed by atoms with E-state index in [0.29, 0.717) is 0 Å². The minimum atomic E-state index is -1.64. The van der Waals surface area contributed by atoms with Crippen molar-refractivity contribution in [2.24, 2.45) is 0 Å². The van der Waals surface area contributed by atoms with Crippen LogP contribution in [0.2, 0.25) is 0 Å². The third-order valence-electron chi connectivity index (χ3n) is 3.41. The monoisotopic (exact) mass is 403 g/mol. The molecule has 0 saturated carbocycles. The second-order valence-corrected chi connectivity index (χ2v) is 9.47. The molecule has 3 N–H and O–H groups in total. The lowest BCUT2D eigenvalue weighted by atomic mass is 10.2. The van der Waals surface area contributed by atoms with Crippen molar-refractivity contribution in [1.82, 2.24) is 9.55 Å². The predicted molar refractivity (Wildman–Crippen MR) is 102 cm³/mol. The number of aliphatic hydroxyl groups is 1. The van der Waals surface area contributed by atoms with Crippen molar-refractivity contribution in [3.63, 3.8) is 0 Å². The van der Waals surface area contributed by atoms with Gasteiger partial charge in [0.25, 0.3) is 0 Å². The lowest BCUT2D eigenvalue weighted by molar-refractivity contribution is -0.0511. The van der Waals surface area contributed by atoms with Gasteiger partial charge in [-0.3, -0.25) is 4.57 Å². The van der Waals surface area contributed by atoms with Crippen molar-refractivity contribution in [2.45, 2.75) is 77.6 Å². The van der Waals surface area contributed by atoms with Crippen LogP contribution in [0.15, 0.2) is 17.1 Å². The molecular formula is C17H30N3O6P. The molecule has 3 atom stereocenters. The predicted octanol–water partition coefficient (Wildman–Crippen LogP) is 2.35. The van der Waals surface area contributed by atoms with Crippen LogP contribution < -0.4 is 11.4 Å². The van der Waals surface area contributed by atoms with E-state index < -0.39 is 43.9 Å². The molecule has 1 fully saturated rings. The molecular weight excluding hydrogens is 373 g/mol. The Hall–Kier alpha value is -1.09. The number of nitrogen functional groups attached to an aromatic ring is 1. The molecule has 10 heteroatoms. The molecule has 1 aliphatic rings. The minimum Gasteiger partial charge on any atom is -0.390 e. The Balaban J connectivity index is 2.00. The zero-order chi connectivity index (χ0) is 20.4. The second kappa shape index (κ2) is 8.51. The maximum absolute atomic E-state index is 12.0. The van der Waals surface area contributed by atoms with E-state index >= 15 is 0 Å². The van der Waals surface area contributed by atoms with Crippen molar-refractivity contribution in [3.05, 3.63) is 22.7 Å². The fourth-order valence-corrected chi connectivity index (χ4v) is 3.64. The Labute approximate surface area is 160 Å². The molecule has 0 amide bonds. The molecule has 0 aliphatic carbocycles. The summed E-state index contributed by atoms with van der Waals surface area (Å²) < 4.78 is 24.6. The van der Waals surface area contributed by atoms with Gasteiger partial charge in [-0.25, -0.2) is 4.79 Å². The summed E-state index contributed by atoms with van der Waals surface area (Å²) in [7, 11) is -1.64. The fourth-order valence-electron chi connectivity index (χ4n) is 2.33. The number of aromatic nitrogens is 2. The maximum Gasteiger partial charge on any atom is 0.351 e. The van der Waals surface area contributed by atoms with E-state index in [2.05, 4.69) is 4.98 Å². The molecule has 1 aromatic heterocycles. The van der Waals surface area contributed by atoms with E-state index in [0.717, 1.165) is 0 Å². The van der Waals surface area contributed by atoms with Crippen LogP contribution in [0.5, 0.6) is 0 Å². The number of aliphatic hydroxyl groups excluding tert-OH is 1. The zero-order valence-corrected chi connectivity index (χ0v) is 17.6. The van der Waals surface area contributed by atoms with Gasteiger partial charge >= 0.3 is 14.3 Å². The van der Waals surface area contributed by atoms with Gasteiger partial charge in [-0.05, 0) is 47.6 Å². The summed E-state index contributed by atoms with van der Waals surface area (Å²) >= 11 is 0. The summed E-state index contributed by atoms with van der Waals surface area (Å²) in [6.07, 6.45) is -0.286. The van der Waals surface area contributed by atoms with Gasteiger partial charge in [-0.15, -0.1) is 0 Å². The highest BCUT2D eigenvalue weighted by Gasteiger charge is 2.37. The van der Waals surface area contributed by atoms with Crippen molar-refractivity contribution in [3.8, 4) is 0 Å². The van der Waals surface area contributed by atoms with Crippen molar-refractivity contribution in [1.29, 1.82) is 0 Å². The quantitative estimate of drug-likeness (QED) is 0.695. The van der Waals surface area contributed by atoms with E-state index in [9.17, 15) is 9.90 Å². The standard InChI is InChI=1S/C17H30N3O6P/c1-16(2,3)25-27(26-17(4,5)6)23-10-12-11(21)9-14(24-12)20-8-7-13(18)19-15(20)22/h7-8,11-12,14,21H,9-10H2,1-6H3,(H2,18,19,22)/t11-,12+,14+/m0/s1. The molecule has 1 aromatic rings. The van der Waals surface area contributed by atoms with Crippen molar-refractivity contribution in [2.75, 3.05) is 12.3 Å². The molecule has 0 unspecified atom stereocenters. The van der Waals surface area contributed by atoms with Gasteiger partial charge in [-0.1, -0.05) is 0 Å². The Kier molecular flexibility index (Phi) is 7.00. The van der Waals surface area contributed by atoms with Crippen molar-refractivity contribution >= 4 is 14.4 Å². The van der Waals surface area contributed by atoms with Crippen LogP contribution >= 0.6 is 8.60 Å². The molecule has 154 valence electrons. The normalized spacial score (nSPS) is 23.9. The molecule has 2 heterocycles. The topological polar surface area (TPSA) is 118 Å². The lowest BCUT2D eigenvalue weighted by Gasteiger charge is -2.31. The van der Waals surface area contributed by atoms with Gasteiger partial charge in [0.15, 0.2) is 0 Å². The molecule has 0 aromatic carbocycles. The van der Waals surface area contributed by atoms with Gasteiger partial charge in [0.2, 0.25) is 0 Å². The largest absolute Gasteiger partial charge is 0.390 e.